The van der Waals surface area contributed by atoms with Crippen LogP contribution in [0.3, 0.4) is 0 Å². The summed E-state index contributed by atoms with van der Waals surface area (Å²) in [5.74, 6) is 0.882. The summed E-state index contributed by atoms with van der Waals surface area (Å²) in [6.07, 6.45) is 5.73. The maximum Gasteiger partial charge on any atom is 0.242 e. The predicted molar refractivity (Wildman–Crippen MR) is 91.6 cm³/mol. The van der Waals surface area contributed by atoms with Gasteiger partial charge in [-0.1, -0.05) is 37.5 Å². The van der Waals surface area contributed by atoms with Gasteiger partial charge in [-0.15, -0.1) is 0 Å². The van der Waals surface area contributed by atoms with Gasteiger partial charge in [0, 0.05) is 19.4 Å². The Bertz CT molecular complexity index is 569. The molecule has 5 heteroatoms. The fourth-order valence-corrected chi connectivity index (χ4v) is 3.82. The number of benzene rings is 1. The second-order valence-electron chi connectivity index (χ2n) is 6.74. The molecule has 0 bridgehead atoms. The smallest absolute Gasteiger partial charge is 0.242 e. The fraction of sp³-hybridized carbons (Fsp3) is 0.579. The average Bonchev–Trinajstić information content (AvgIpc) is 3.05. The lowest BCUT2D eigenvalue weighted by Gasteiger charge is -2.29. The van der Waals surface area contributed by atoms with E-state index in [9.17, 15) is 9.59 Å². The highest BCUT2D eigenvalue weighted by Crippen LogP contribution is 2.30. The number of hydrogen-bond acceptors (Lipinski definition) is 3. The van der Waals surface area contributed by atoms with Crippen LogP contribution in [-0.2, 0) is 9.59 Å². The van der Waals surface area contributed by atoms with E-state index in [0.29, 0.717) is 13.0 Å². The molecule has 1 aromatic carbocycles. The largest absolute Gasteiger partial charge is 0.488 e. The van der Waals surface area contributed by atoms with Crippen LogP contribution in [0.1, 0.15) is 38.5 Å². The number of carbonyl (C=O) groups excluding carboxylic acids is 2. The Labute approximate surface area is 143 Å². The molecule has 0 radical (unpaired) electrons. The minimum atomic E-state index is -0.418. The fourth-order valence-electron chi connectivity index (χ4n) is 3.82. The number of ether oxygens (including phenoxy) is 1. The van der Waals surface area contributed by atoms with Crippen LogP contribution in [0, 0.1) is 5.92 Å². The van der Waals surface area contributed by atoms with E-state index in [4.69, 9.17) is 4.74 Å². The van der Waals surface area contributed by atoms with Crippen molar-refractivity contribution >= 4 is 11.8 Å². The first-order chi connectivity index (χ1) is 11.7. The summed E-state index contributed by atoms with van der Waals surface area (Å²) in [7, 11) is 1.62. The van der Waals surface area contributed by atoms with E-state index >= 15 is 0 Å². The SMILES string of the molecule is CNC(=O)[C@@H]1C[C@H](Oc2ccccc2)CN1C(=O)C1CCCCC1. The summed E-state index contributed by atoms with van der Waals surface area (Å²) in [5.41, 5.74) is 0. The zero-order valence-corrected chi connectivity index (χ0v) is 14.2. The average molecular weight is 330 g/mol. The highest BCUT2D eigenvalue weighted by atomic mass is 16.5. The second kappa shape index (κ2) is 7.69. The maximum absolute atomic E-state index is 12.9. The topological polar surface area (TPSA) is 58.6 Å². The lowest BCUT2D eigenvalue weighted by Crippen LogP contribution is -2.47. The van der Waals surface area contributed by atoms with Crippen molar-refractivity contribution in [3.63, 3.8) is 0 Å². The van der Waals surface area contributed by atoms with Crippen molar-refractivity contribution < 1.29 is 14.3 Å². The van der Waals surface area contributed by atoms with Gasteiger partial charge in [-0.05, 0) is 25.0 Å². The Balaban J connectivity index is 1.70. The lowest BCUT2D eigenvalue weighted by atomic mass is 9.88. The number of carbonyl (C=O) groups is 2. The van der Waals surface area contributed by atoms with Gasteiger partial charge in [-0.3, -0.25) is 9.59 Å². The van der Waals surface area contributed by atoms with E-state index in [2.05, 4.69) is 5.32 Å². The third kappa shape index (κ3) is 3.71. The summed E-state index contributed by atoms with van der Waals surface area (Å²) in [5, 5.41) is 2.69. The van der Waals surface area contributed by atoms with Crippen molar-refractivity contribution in [1.82, 2.24) is 10.2 Å². The summed E-state index contributed by atoms with van der Waals surface area (Å²) in [6.45, 7) is 0.488. The number of hydrogen-bond donors (Lipinski definition) is 1. The van der Waals surface area contributed by atoms with Gasteiger partial charge in [0.15, 0.2) is 0 Å². The Hall–Kier alpha value is -2.04. The quantitative estimate of drug-likeness (QED) is 0.922. The number of para-hydroxylation sites is 1. The third-order valence-electron chi connectivity index (χ3n) is 5.10. The molecule has 0 aromatic heterocycles. The van der Waals surface area contributed by atoms with Crippen LogP contribution >= 0.6 is 0 Å². The molecule has 0 spiro atoms. The molecule has 2 fully saturated rings. The van der Waals surface area contributed by atoms with Crippen molar-refractivity contribution in [2.24, 2.45) is 5.92 Å². The van der Waals surface area contributed by atoms with E-state index in [0.717, 1.165) is 31.4 Å². The first-order valence-electron chi connectivity index (χ1n) is 8.93. The van der Waals surface area contributed by atoms with E-state index < -0.39 is 6.04 Å². The molecule has 2 aliphatic rings. The minimum Gasteiger partial charge on any atom is -0.488 e. The number of nitrogens with zero attached hydrogens (tertiary/aromatic N) is 1. The molecule has 5 nitrogen and oxygen atoms in total. The van der Waals surface area contributed by atoms with Crippen LogP contribution in [-0.4, -0.2) is 42.5 Å². The van der Waals surface area contributed by atoms with Crippen molar-refractivity contribution in [2.75, 3.05) is 13.6 Å². The molecular formula is C19H26N2O3. The van der Waals surface area contributed by atoms with Gasteiger partial charge >= 0.3 is 0 Å². The molecule has 3 rings (SSSR count). The van der Waals surface area contributed by atoms with Gasteiger partial charge in [0.25, 0.3) is 0 Å². The van der Waals surface area contributed by atoms with Crippen LogP contribution < -0.4 is 10.1 Å². The van der Waals surface area contributed by atoms with Crippen LogP contribution in [0.15, 0.2) is 30.3 Å². The molecular weight excluding hydrogens is 304 g/mol. The van der Waals surface area contributed by atoms with Gasteiger partial charge in [-0.2, -0.15) is 0 Å². The first-order valence-corrected chi connectivity index (χ1v) is 8.93. The monoisotopic (exact) mass is 330 g/mol. The molecule has 2 atom stereocenters. The molecule has 1 aromatic rings. The summed E-state index contributed by atoms with van der Waals surface area (Å²) in [6, 6.07) is 9.17. The normalized spacial score (nSPS) is 24.6. The van der Waals surface area contributed by atoms with E-state index in [-0.39, 0.29) is 23.8 Å². The molecule has 130 valence electrons. The summed E-state index contributed by atoms with van der Waals surface area (Å²) in [4.78, 5) is 26.9. The van der Waals surface area contributed by atoms with Gasteiger partial charge < -0.3 is 15.0 Å². The Morgan fingerprint density at radius 3 is 2.50 bits per heavy atom. The molecule has 1 saturated heterocycles. The van der Waals surface area contributed by atoms with E-state index in [1.54, 1.807) is 11.9 Å². The number of likely N-dealkylation sites (N-methyl/N-ethyl adjacent to an activating group) is 1. The lowest BCUT2D eigenvalue weighted by molar-refractivity contribution is -0.142. The highest BCUT2D eigenvalue weighted by molar-refractivity contribution is 5.89. The second-order valence-corrected chi connectivity index (χ2v) is 6.74. The third-order valence-corrected chi connectivity index (χ3v) is 5.10. The molecule has 0 unspecified atom stereocenters. The van der Waals surface area contributed by atoms with Crippen molar-refractivity contribution in [1.29, 1.82) is 0 Å². The molecule has 1 heterocycles. The van der Waals surface area contributed by atoms with Gasteiger partial charge in [0.1, 0.15) is 17.9 Å². The number of rotatable bonds is 4. The first kappa shape index (κ1) is 16.8. The van der Waals surface area contributed by atoms with Crippen LogP contribution in [0.2, 0.25) is 0 Å². The minimum absolute atomic E-state index is 0.0707. The molecule has 2 amide bonds. The molecule has 1 aliphatic carbocycles. The zero-order valence-electron chi connectivity index (χ0n) is 14.2. The molecule has 24 heavy (non-hydrogen) atoms. The van der Waals surface area contributed by atoms with Gasteiger partial charge in [0.05, 0.1) is 6.54 Å². The van der Waals surface area contributed by atoms with Crippen molar-refractivity contribution in [3.8, 4) is 5.75 Å². The van der Waals surface area contributed by atoms with Crippen LogP contribution in [0.4, 0.5) is 0 Å². The predicted octanol–water partition coefficient (Wildman–Crippen LogP) is 2.36. The Morgan fingerprint density at radius 2 is 1.83 bits per heavy atom. The molecule has 1 N–H and O–H groups in total. The van der Waals surface area contributed by atoms with E-state index in [1.165, 1.54) is 6.42 Å². The zero-order chi connectivity index (χ0) is 16.9. The Morgan fingerprint density at radius 1 is 1.12 bits per heavy atom. The van der Waals surface area contributed by atoms with Crippen molar-refractivity contribution in [3.05, 3.63) is 30.3 Å². The summed E-state index contributed by atoms with van der Waals surface area (Å²) >= 11 is 0. The van der Waals surface area contributed by atoms with Crippen molar-refractivity contribution in [2.45, 2.75) is 50.7 Å². The van der Waals surface area contributed by atoms with Crippen LogP contribution in [0.25, 0.3) is 0 Å². The number of nitrogens with one attached hydrogen (secondary N) is 1. The Kier molecular flexibility index (Phi) is 5.38. The molecule has 1 saturated carbocycles. The highest BCUT2D eigenvalue weighted by Gasteiger charge is 2.42. The summed E-state index contributed by atoms with van der Waals surface area (Å²) < 4.78 is 5.99. The molecule has 1 aliphatic heterocycles. The van der Waals surface area contributed by atoms with Gasteiger partial charge in [0.2, 0.25) is 11.8 Å². The van der Waals surface area contributed by atoms with E-state index in [1.807, 2.05) is 30.3 Å². The standard InChI is InChI=1S/C19H26N2O3/c1-20-18(22)17-12-16(24-15-10-6-3-7-11-15)13-21(17)19(23)14-8-4-2-5-9-14/h3,6-7,10-11,14,16-17H,2,4-5,8-9,12-13H2,1H3,(H,20,22)/t16-,17-/m0/s1. The number of amides is 2. The number of likely N-dealkylation sites (tertiary alicyclic amines) is 1. The van der Waals surface area contributed by atoms with Gasteiger partial charge in [-0.25, -0.2) is 0 Å². The maximum atomic E-state index is 12.9. The van der Waals surface area contributed by atoms with Crippen LogP contribution in [0.5, 0.6) is 5.75 Å².